The quantitative estimate of drug-likeness (QED) is 0.782. The van der Waals surface area contributed by atoms with Gasteiger partial charge in [-0.2, -0.15) is 0 Å². The van der Waals surface area contributed by atoms with Gasteiger partial charge in [-0.25, -0.2) is 0 Å². The van der Waals surface area contributed by atoms with Crippen LogP contribution in [0, 0.1) is 13.8 Å². The first kappa shape index (κ1) is 16.0. The van der Waals surface area contributed by atoms with Crippen molar-refractivity contribution < 1.29 is 0 Å². The summed E-state index contributed by atoms with van der Waals surface area (Å²) in [6, 6.07) is 14.5. The minimum Gasteiger partial charge on any atom is -0.348 e. The number of anilines is 1. The van der Waals surface area contributed by atoms with Crippen molar-refractivity contribution in [2.75, 3.05) is 12.4 Å². The van der Waals surface area contributed by atoms with E-state index in [0.717, 1.165) is 21.8 Å². The fourth-order valence-corrected chi connectivity index (χ4v) is 2.62. The van der Waals surface area contributed by atoms with E-state index >= 15 is 0 Å². The SMILES string of the molecule is Cc1ccc(C)c(NC(=S)N(C)Cc2ccccc2Br)c1. The second kappa shape index (κ2) is 7.05. The van der Waals surface area contributed by atoms with Gasteiger partial charge in [0.2, 0.25) is 0 Å². The molecule has 4 heteroatoms. The molecule has 2 aromatic rings. The summed E-state index contributed by atoms with van der Waals surface area (Å²) in [7, 11) is 2.00. The molecule has 0 bridgehead atoms. The molecule has 2 aromatic carbocycles. The summed E-state index contributed by atoms with van der Waals surface area (Å²) in [5.41, 5.74) is 4.70. The molecule has 0 aliphatic heterocycles. The van der Waals surface area contributed by atoms with E-state index in [0.29, 0.717) is 0 Å². The van der Waals surface area contributed by atoms with Crippen molar-refractivity contribution in [2.45, 2.75) is 20.4 Å². The Balaban J connectivity index is 2.06. The molecule has 0 aliphatic carbocycles. The normalized spacial score (nSPS) is 10.3. The minimum atomic E-state index is 0.722. The van der Waals surface area contributed by atoms with Gasteiger partial charge in [0, 0.05) is 23.8 Å². The zero-order chi connectivity index (χ0) is 15.4. The number of thiocarbonyl (C=S) groups is 1. The standard InChI is InChI=1S/C17H19BrN2S/c1-12-8-9-13(2)16(10-12)19-17(21)20(3)11-14-6-4-5-7-15(14)18/h4-10H,11H2,1-3H3,(H,19,21). The molecule has 0 unspecified atom stereocenters. The van der Waals surface area contributed by atoms with Crippen molar-refractivity contribution in [1.29, 1.82) is 0 Å². The first-order chi connectivity index (χ1) is 9.97. The van der Waals surface area contributed by atoms with Gasteiger partial charge in [-0.1, -0.05) is 46.3 Å². The third kappa shape index (κ3) is 4.29. The molecule has 0 aliphatic rings. The largest absolute Gasteiger partial charge is 0.348 e. The molecular weight excluding hydrogens is 344 g/mol. The summed E-state index contributed by atoms with van der Waals surface area (Å²) in [6.07, 6.45) is 0. The molecule has 0 fully saturated rings. The number of halogens is 1. The van der Waals surface area contributed by atoms with E-state index in [4.69, 9.17) is 12.2 Å². The Labute approximate surface area is 140 Å². The summed E-state index contributed by atoms with van der Waals surface area (Å²) < 4.78 is 1.10. The van der Waals surface area contributed by atoms with Gasteiger partial charge >= 0.3 is 0 Å². The fourth-order valence-electron chi connectivity index (χ4n) is 2.04. The van der Waals surface area contributed by atoms with E-state index in [9.17, 15) is 0 Å². The Bertz CT molecular complexity index is 655. The summed E-state index contributed by atoms with van der Waals surface area (Å²) in [6.45, 7) is 4.93. The molecule has 1 N–H and O–H groups in total. The second-order valence-corrected chi connectivity index (χ2v) is 6.44. The zero-order valence-corrected chi connectivity index (χ0v) is 14.9. The topological polar surface area (TPSA) is 15.3 Å². The number of aryl methyl sites for hydroxylation is 2. The van der Waals surface area contributed by atoms with Gasteiger partial charge in [0.1, 0.15) is 0 Å². The van der Waals surface area contributed by atoms with Gasteiger partial charge in [-0.3, -0.25) is 0 Å². The van der Waals surface area contributed by atoms with E-state index in [2.05, 4.69) is 59.4 Å². The van der Waals surface area contributed by atoms with Crippen LogP contribution in [0.4, 0.5) is 5.69 Å². The molecule has 2 nitrogen and oxygen atoms in total. The number of nitrogens with zero attached hydrogens (tertiary/aromatic N) is 1. The van der Waals surface area contributed by atoms with Gasteiger partial charge < -0.3 is 10.2 Å². The molecule has 110 valence electrons. The number of benzene rings is 2. The van der Waals surface area contributed by atoms with Gasteiger partial charge in [0.05, 0.1) is 0 Å². The average molecular weight is 363 g/mol. The lowest BCUT2D eigenvalue weighted by atomic mass is 10.1. The molecule has 21 heavy (non-hydrogen) atoms. The Morgan fingerprint density at radius 2 is 1.90 bits per heavy atom. The molecule has 0 spiro atoms. The Hall–Kier alpha value is -1.39. The molecule has 0 aromatic heterocycles. The van der Waals surface area contributed by atoms with Gasteiger partial charge in [0.15, 0.2) is 5.11 Å². The first-order valence-electron chi connectivity index (χ1n) is 6.80. The zero-order valence-electron chi connectivity index (χ0n) is 12.5. The number of nitrogens with one attached hydrogen (secondary N) is 1. The molecule has 0 amide bonds. The van der Waals surface area contributed by atoms with Crippen molar-refractivity contribution in [2.24, 2.45) is 0 Å². The maximum Gasteiger partial charge on any atom is 0.173 e. The van der Waals surface area contributed by atoms with Crippen LogP contribution in [0.5, 0.6) is 0 Å². The maximum atomic E-state index is 5.50. The number of rotatable bonds is 3. The lowest BCUT2D eigenvalue weighted by Gasteiger charge is -2.22. The lowest BCUT2D eigenvalue weighted by molar-refractivity contribution is 0.507. The highest BCUT2D eigenvalue weighted by Crippen LogP contribution is 2.19. The Morgan fingerprint density at radius 1 is 1.19 bits per heavy atom. The highest BCUT2D eigenvalue weighted by Gasteiger charge is 2.09. The number of hydrogen-bond donors (Lipinski definition) is 1. The van der Waals surface area contributed by atoms with Gasteiger partial charge in [-0.05, 0) is 54.9 Å². The van der Waals surface area contributed by atoms with Crippen molar-refractivity contribution in [3.63, 3.8) is 0 Å². The van der Waals surface area contributed by atoms with Crippen LogP contribution < -0.4 is 5.32 Å². The highest BCUT2D eigenvalue weighted by atomic mass is 79.9. The van der Waals surface area contributed by atoms with Crippen molar-refractivity contribution >= 4 is 38.9 Å². The Kier molecular flexibility index (Phi) is 5.37. The van der Waals surface area contributed by atoms with Crippen molar-refractivity contribution in [3.8, 4) is 0 Å². The molecule has 0 saturated heterocycles. The summed E-state index contributed by atoms with van der Waals surface area (Å²) in [5.74, 6) is 0. The second-order valence-electron chi connectivity index (χ2n) is 5.20. The van der Waals surface area contributed by atoms with Crippen LogP contribution in [0.25, 0.3) is 0 Å². The summed E-state index contributed by atoms with van der Waals surface area (Å²) >= 11 is 9.08. The van der Waals surface area contributed by atoms with E-state index in [1.165, 1.54) is 16.7 Å². The average Bonchev–Trinajstić information content (AvgIpc) is 2.45. The van der Waals surface area contributed by atoms with Crippen LogP contribution in [-0.2, 0) is 6.54 Å². The minimum absolute atomic E-state index is 0.722. The predicted molar refractivity (Wildman–Crippen MR) is 97.7 cm³/mol. The van der Waals surface area contributed by atoms with E-state index < -0.39 is 0 Å². The van der Waals surface area contributed by atoms with Gasteiger partial charge in [0.25, 0.3) is 0 Å². The maximum absolute atomic E-state index is 5.50. The van der Waals surface area contributed by atoms with Crippen LogP contribution >= 0.6 is 28.1 Å². The molecule has 2 rings (SSSR count). The molecule has 0 radical (unpaired) electrons. The fraction of sp³-hybridized carbons (Fsp3) is 0.235. The van der Waals surface area contributed by atoms with Gasteiger partial charge in [-0.15, -0.1) is 0 Å². The van der Waals surface area contributed by atoms with Crippen LogP contribution in [0.3, 0.4) is 0 Å². The highest BCUT2D eigenvalue weighted by molar-refractivity contribution is 9.10. The third-order valence-corrected chi connectivity index (χ3v) is 4.53. The van der Waals surface area contributed by atoms with E-state index in [1.54, 1.807) is 0 Å². The van der Waals surface area contributed by atoms with Crippen molar-refractivity contribution in [1.82, 2.24) is 4.90 Å². The molecular formula is C17H19BrN2S. The Morgan fingerprint density at radius 3 is 2.62 bits per heavy atom. The van der Waals surface area contributed by atoms with Crippen LogP contribution in [0.1, 0.15) is 16.7 Å². The van der Waals surface area contributed by atoms with Crippen LogP contribution in [-0.4, -0.2) is 17.1 Å². The smallest absolute Gasteiger partial charge is 0.173 e. The van der Waals surface area contributed by atoms with E-state index in [-0.39, 0.29) is 0 Å². The summed E-state index contributed by atoms with van der Waals surface area (Å²) in [5, 5.41) is 4.05. The third-order valence-electron chi connectivity index (χ3n) is 3.35. The molecule has 0 atom stereocenters. The van der Waals surface area contributed by atoms with Crippen molar-refractivity contribution in [3.05, 3.63) is 63.6 Å². The predicted octanol–water partition coefficient (Wildman–Crippen LogP) is 4.89. The lowest BCUT2D eigenvalue weighted by Crippen LogP contribution is -2.30. The first-order valence-corrected chi connectivity index (χ1v) is 8.00. The molecule has 0 heterocycles. The van der Waals surface area contributed by atoms with Crippen LogP contribution in [0.15, 0.2) is 46.9 Å². The number of hydrogen-bond acceptors (Lipinski definition) is 1. The monoisotopic (exact) mass is 362 g/mol. The van der Waals surface area contributed by atoms with Crippen LogP contribution in [0.2, 0.25) is 0 Å². The summed E-state index contributed by atoms with van der Waals surface area (Å²) in [4.78, 5) is 2.04. The van der Waals surface area contributed by atoms with E-state index in [1.807, 2.05) is 30.1 Å². The molecule has 0 saturated carbocycles.